The van der Waals surface area contributed by atoms with E-state index < -0.39 is 6.10 Å². The summed E-state index contributed by atoms with van der Waals surface area (Å²) >= 11 is 3.36. The molecule has 0 fully saturated rings. The summed E-state index contributed by atoms with van der Waals surface area (Å²) in [6, 6.07) is 0. The molecule has 0 aliphatic carbocycles. The van der Waals surface area contributed by atoms with Crippen LogP contribution in [0.1, 0.15) is 72.6 Å². The third kappa shape index (κ3) is 16.2. The van der Waals surface area contributed by atoms with Gasteiger partial charge in [0.05, 0.1) is 19.3 Å². The van der Waals surface area contributed by atoms with E-state index in [1.54, 1.807) is 0 Å². The van der Waals surface area contributed by atoms with Crippen molar-refractivity contribution >= 4 is 21.9 Å². The van der Waals surface area contributed by atoms with E-state index in [1.165, 1.54) is 6.92 Å². The van der Waals surface area contributed by atoms with Gasteiger partial charge in [-0.25, -0.2) is 0 Å². The zero-order chi connectivity index (χ0) is 21.7. The van der Waals surface area contributed by atoms with Crippen LogP contribution < -0.4 is 0 Å². The zero-order valence-corrected chi connectivity index (χ0v) is 20.5. The highest BCUT2D eigenvalue weighted by Crippen LogP contribution is 2.18. The van der Waals surface area contributed by atoms with Gasteiger partial charge in [-0.2, -0.15) is 0 Å². The predicted molar refractivity (Wildman–Crippen MR) is 120 cm³/mol. The molecule has 0 saturated carbocycles. The van der Waals surface area contributed by atoms with Crippen LogP contribution in [0.4, 0.5) is 0 Å². The maximum atomic E-state index is 11.7. The molecule has 0 amide bonds. The Morgan fingerprint density at radius 1 is 0.793 bits per heavy atom. The van der Waals surface area contributed by atoms with E-state index in [0.29, 0.717) is 32.8 Å². The first kappa shape index (κ1) is 28.8. The van der Waals surface area contributed by atoms with Crippen molar-refractivity contribution < 1.29 is 28.5 Å². The number of ether oxygens (including phenoxy) is 5. The average Bonchev–Trinajstić information content (AvgIpc) is 2.69. The normalized spacial score (nSPS) is 14.5. The van der Waals surface area contributed by atoms with Crippen LogP contribution in [0, 0.1) is 0 Å². The van der Waals surface area contributed by atoms with Gasteiger partial charge >= 0.3 is 5.97 Å². The van der Waals surface area contributed by atoms with Gasteiger partial charge in [0.1, 0.15) is 6.10 Å². The van der Waals surface area contributed by atoms with E-state index >= 15 is 0 Å². The maximum Gasteiger partial charge on any atom is 0.303 e. The van der Waals surface area contributed by atoms with E-state index in [2.05, 4.69) is 36.7 Å². The van der Waals surface area contributed by atoms with Gasteiger partial charge in [-0.3, -0.25) is 4.79 Å². The van der Waals surface area contributed by atoms with Crippen LogP contribution >= 0.6 is 15.9 Å². The maximum absolute atomic E-state index is 11.7. The van der Waals surface area contributed by atoms with Crippen molar-refractivity contribution in [2.24, 2.45) is 0 Å². The standard InChI is InChI=1S/C22H43BrO6/c1-5-8-13-25-16-11-20(27-14-9-6-2)22(28-15-10-7-3)21(29-19(4)24)18-26-17-12-23/h20-22H,5-18H2,1-4H3/t20-,21+,22?/m1/s1. The lowest BCUT2D eigenvalue weighted by Gasteiger charge is -2.33. The first-order valence-electron chi connectivity index (χ1n) is 11.2. The van der Waals surface area contributed by atoms with Gasteiger partial charge < -0.3 is 23.7 Å². The number of rotatable bonds is 21. The number of carbonyl (C=O) groups is 1. The second-order valence-electron chi connectivity index (χ2n) is 7.12. The highest BCUT2D eigenvalue weighted by molar-refractivity contribution is 9.09. The first-order chi connectivity index (χ1) is 14.1. The molecule has 0 rings (SSSR count). The number of unbranched alkanes of at least 4 members (excludes halogenated alkanes) is 3. The summed E-state index contributed by atoms with van der Waals surface area (Å²) in [4.78, 5) is 11.7. The van der Waals surface area contributed by atoms with E-state index in [4.69, 9.17) is 23.7 Å². The van der Waals surface area contributed by atoms with Crippen LogP contribution in [0.15, 0.2) is 0 Å². The molecule has 0 N–H and O–H groups in total. The van der Waals surface area contributed by atoms with Crippen molar-refractivity contribution in [3.8, 4) is 0 Å². The summed E-state index contributed by atoms with van der Waals surface area (Å²) in [6.07, 6.45) is 5.77. The molecule has 0 aromatic carbocycles. The number of esters is 1. The quantitative estimate of drug-likeness (QED) is 0.131. The minimum atomic E-state index is -0.509. The van der Waals surface area contributed by atoms with Gasteiger partial charge in [-0.05, 0) is 25.7 Å². The lowest BCUT2D eigenvalue weighted by Crippen LogP contribution is -2.46. The van der Waals surface area contributed by atoms with Crippen LogP contribution in [0.3, 0.4) is 0 Å². The molecule has 0 heterocycles. The first-order valence-corrected chi connectivity index (χ1v) is 12.3. The summed E-state index contributed by atoms with van der Waals surface area (Å²) in [5, 5.41) is 0.725. The fourth-order valence-corrected chi connectivity index (χ4v) is 2.98. The van der Waals surface area contributed by atoms with Crippen molar-refractivity contribution in [2.45, 2.75) is 91.0 Å². The summed E-state index contributed by atoms with van der Waals surface area (Å²) < 4.78 is 29.4. The third-order valence-electron chi connectivity index (χ3n) is 4.38. The van der Waals surface area contributed by atoms with Crippen LogP contribution in [0.2, 0.25) is 0 Å². The van der Waals surface area contributed by atoms with E-state index in [1.807, 2.05) is 0 Å². The highest BCUT2D eigenvalue weighted by Gasteiger charge is 2.33. The number of hydrogen-bond donors (Lipinski definition) is 0. The molecular formula is C22H43BrO6. The number of hydrogen-bond acceptors (Lipinski definition) is 6. The molecule has 29 heavy (non-hydrogen) atoms. The molecule has 6 nitrogen and oxygen atoms in total. The molecule has 0 bridgehead atoms. The Morgan fingerprint density at radius 2 is 1.41 bits per heavy atom. The van der Waals surface area contributed by atoms with Crippen molar-refractivity contribution in [1.82, 2.24) is 0 Å². The lowest BCUT2D eigenvalue weighted by atomic mass is 10.0. The van der Waals surface area contributed by atoms with E-state index in [9.17, 15) is 4.79 Å². The van der Waals surface area contributed by atoms with Crippen molar-refractivity contribution in [1.29, 1.82) is 0 Å². The molecule has 0 aliphatic heterocycles. The topological polar surface area (TPSA) is 63.2 Å². The molecule has 1 unspecified atom stereocenters. The Balaban J connectivity index is 5.19. The van der Waals surface area contributed by atoms with E-state index in [-0.39, 0.29) is 24.8 Å². The monoisotopic (exact) mass is 482 g/mol. The van der Waals surface area contributed by atoms with Crippen LogP contribution in [0.25, 0.3) is 0 Å². The Morgan fingerprint density at radius 3 is 2.00 bits per heavy atom. The van der Waals surface area contributed by atoms with Gasteiger partial charge in [-0.1, -0.05) is 56.0 Å². The fraction of sp³-hybridized carbons (Fsp3) is 0.955. The van der Waals surface area contributed by atoms with Crippen LogP contribution in [0.5, 0.6) is 0 Å². The second-order valence-corrected chi connectivity index (χ2v) is 7.91. The zero-order valence-electron chi connectivity index (χ0n) is 19.0. The summed E-state index contributed by atoms with van der Waals surface area (Å²) in [6.45, 7) is 11.2. The Hall–Kier alpha value is -0.210. The minimum absolute atomic E-state index is 0.211. The van der Waals surface area contributed by atoms with Gasteiger partial charge in [-0.15, -0.1) is 0 Å². The molecule has 0 aromatic heterocycles. The molecule has 7 heteroatoms. The van der Waals surface area contributed by atoms with Gasteiger partial charge in [0.2, 0.25) is 0 Å². The molecule has 0 spiro atoms. The molecule has 3 atom stereocenters. The Labute approximate surface area is 186 Å². The Bertz CT molecular complexity index is 369. The van der Waals surface area contributed by atoms with Crippen LogP contribution in [-0.2, 0) is 28.5 Å². The number of carbonyl (C=O) groups excluding carboxylic acids is 1. The third-order valence-corrected chi connectivity index (χ3v) is 4.70. The Kier molecular flexibility index (Phi) is 20.9. The summed E-state index contributed by atoms with van der Waals surface area (Å²) in [7, 11) is 0. The SMILES string of the molecule is CCCCOCC[C@@H](OCCCC)C(OCCCC)[C@H](COCCBr)OC(C)=O. The van der Waals surface area contributed by atoms with Crippen molar-refractivity contribution in [2.75, 3.05) is 45.0 Å². The predicted octanol–water partition coefficient (Wildman–Crippen LogP) is 4.91. The largest absolute Gasteiger partial charge is 0.457 e. The summed E-state index contributed by atoms with van der Waals surface area (Å²) in [5.74, 6) is -0.340. The minimum Gasteiger partial charge on any atom is -0.457 e. The van der Waals surface area contributed by atoms with Crippen LogP contribution in [-0.4, -0.2) is 69.3 Å². The van der Waals surface area contributed by atoms with Crippen molar-refractivity contribution in [3.63, 3.8) is 0 Å². The molecule has 174 valence electrons. The molecular weight excluding hydrogens is 440 g/mol. The summed E-state index contributed by atoms with van der Waals surface area (Å²) in [5.41, 5.74) is 0. The second kappa shape index (κ2) is 21.0. The van der Waals surface area contributed by atoms with E-state index in [0.717, 1.165) is 50.5 Å². The molecule has 0 saturated heterocycles. The molecule has 0 radical (unpaired) electrons. The fourth-order valence-electron chi connectivity index (χ4n) is 2.75. The van der Waals surface area contributed by atoms with Crippen molar-refractivity contribution in [3.05, 3.63) is 0 Å². The van der Waals surface area contributed by atoms with Gasteiger partial charge in [0, 0.05) is 38.7 Å². The smallest absolute Gasteiger partial charge is 0.303 e. The van der Waals surface area contributed by atoms with Gasteiger partial charge in [0.15, 0.2) is 6.10 Å². The molecule has 0 aliphatic rings. The average molecular weight is 483 g/mol. The number of alkyl halides is 1. The van der Waals surface area contributed by atoms with Gasteiger partial charge in [0.25, 0.3) is 0 Å². The number of halogens is 1. The molecule has 0 aromatic rings. The lowest BCUT2D eigenvalue weighted by molar-refractivity contribution is -0.177. The highest BCUT2D eigenvalue weighted by atomic mass is 79.9.